The molecule has 0 aromatic heterocycles. The van der Waals surface area contributed by atoms with Gasteiger partial charge in [0.15, 0.2) is 6.10 Å². The first kappa shape index (κ1) is 62.5. The maximum Gasteiger partial charge on any atom is 0.472 e. The minimum absolute atomic E-state index is 0.0553. The highest BCUT2D eigenvalue weighted by atomic mass is 31.2. The highest BCUT2D eigenvalue weighted by Crippen LogP contribution is 2.43. The van der Waals surface area contributed by atoms with Crippen LogP contribution in [-0.4, -0.2) is 49.3 Å². The Hall–Kier alpha value is -1.51. The van der Waals surface area contributed by atoms with Crippen LogP contribution in [0.2, 0.25) is 0 Å². The quantitative estimate of drug-likeness (QED) is 0.0265. The lowest BCUT2D eigenvalue weighted by Crippen LogP contribution is -2.29. The molecule has 0 spiro atoms. The van der Waals surface area contributed by atoms with Crippen LogP contribution in [0.1, 0.15) is 277 Å². The van der Waals surface area contributed by atoms with Gasteiger partial charge in [-0.1, -0.05) is 244 Å². The van der Waals surface area contributed by atoms with Crippen molar-refractivity contribution in [1.82, 2.24) is 0 Å². The molecule has 0 radical (unpaired) electrons. The van der Waals surface area contributed by atoms with Crippen LogP contribution >= 0.6 is 7.82 Å². The predicted octanol–water partition coefficient (Wildman–Crippen LogP) is 16.7. The Morgan fingerprint density at radius 3 is 1.19 bits per heavy atom. The molecule has 0 aromatic rings. The average Bonchev–Trinajstić information content (AvgIpc) is 3.28. The predicted molar refractivity (Wildman–Crippen MR) is 271 cm³/mol. The van der Waals surface area contributed by atoms with Gasteiger partial charge in [-0.3, -0.25) is 18.6 Å². The van der Waals surface area contributed by atoms with Crippen molar-refractivity contribution >= 4 is 19.8 Å². The van der Waals surface area contributed by atoms with Gasteiger partial charge >= 0.3 is 19.8 Å². The lowest BCUT2D eigenvalue weighted by Gasteiger charge is -2.19. The maximum absolute atomic E-state index is 12.7. The number of nitrogens with two attached hydrogens (primary N) is 1. The van der Waals surface area contributed by atoms with Gasteiger partial charge in [-0.25, -0.2) is 4.57 Å². The summed E-state index contributed by atoms with van der Waals surface area (Å²) in [6.45, 7) is 3.78. The van der Waals surface area contributed by atoms with Crippen LogP contribution in [0.3, 0.4) is 0 Å². The molecule has 0 rings (SSSR count). The zero-order valence-corrected chi connectivity index (χ0v) is 42.9. The molecule has 0 aromatic carbocycles. The molecule has 0 amide bonds. The van der Waals surface area contributed by atoms with E-state index in [0.717, 1.165) is 44.9 Å². The number of phosphoric ester groups is 1. The third-order valence-corrected chi connectivity index (χ3v) is 13.1. The fourth-order valence-corrected chi connectivity index (χ4v) is 8.79. The second-order valence-corrected chi connectivity index (χ2v) is 19.9. The minimum Gasteiger partial charge on any atom is -0.462 e. The number of hydrogen-bond donors (Lipinski definition) is 2. The molecule has 0 heterocycles. The summed E-state index contributed by atoms with van der Waals surface area (Å²) in [6.07, 6.45) is 57.9. The fraction of sp³-hybridized carbons (Fsp3) is 0.889. The molecular formula is C54H104NO8P. The van der Waals surface area contributed by atoms with E-state index in [0.29, 0.717) is 6.42 Å². The van der Waals surface area contributed by atoms with Gasteiger partial charge in [-0.15, -0.1) is 0 Å². The zero-order chi connectivity index (χ0) is 46.7. The van der Waals surface area contributed by atoms with Crippen LogP contribution < -0.4 is 5.73 Å². The lowest BCUT2D eigenvalue weighted by atomic mass is 10.0. The molecule has 0 bridgehead atoms. The summed E-state index contributed by atoms with van der Waals surface area (Å²) in [6, 6.07) is 0. The molecule has 2 atom stereocenters. The Balaban J connectivity index is 3.98. The van der Waals surface area contributed by atoms with Crippen molar-refractivity contribution in [2.45, 2.75) is 283 Å². The first-order chi connectivity index (χ1) is 31.3. The Morgan fingerprint density at radius 2 is 0.812 bits per heavy atom. The zero-order valence-electron chi connectivity index (χ0n) is 42.0. The van der Waals surface area contributed by atoms with E-state index in [1.807, 2.05) is 0 Å². The Labute approximate surface area is 395 Å². The first-order valence-electron chi connectivity index (χ1n) is 27.3. The standard InChI is InChI=1S/C54H104NO8P/c1-3-5-7-9-11-13-15-17-19-21-23-25-26-27-29-31-33-35-37-39-41-43-45-47-54(57)63-52(51-62-64(58,59)61-49-48-55)50-60-53(56)46-44-42-40-38-36-34-32-30-28-24-22-20-18-16-14-12-10-8-6-4-2/h15,17,21,23,52H,3-14,16,18-20,22,24-51,55H2,1-2H3,(H,58,59)/b17-15-,23-21-. The van der Waals surface area contributed by atoms with Crippen molar-refractivity contribution in [2.24, 2.45) is 5.73 Å². The van der Waals surface area contributed by atoms with Crippen molar-refractivity contribution in [1.29, 1.82) is 0 Å². The van der Waals surface area contributed by atoms with E-state index in [1.54, 1.807) is 0 Å². The summed E-state index contributed by atoms with van der Waals surface area (Å²) in [4.78, 5) is 35.1. The second-order valence-electron chi connectivity index (χ2n) is 18.5. The molecule has 0 aliphatic carbocycles. The van der Waals surface area contributed by atoms with E-state index in [1.165, 1.54) is 199 Å². The summed E-state index contributed by atoms with van der Waals surface area (Å²) < 4.78 is 33.0. The monoisotopic (exact) mass is 926 g/mol. The normalized spacial score (nSPS) is 13.2. The summed E-state index contributed by atoms with van der Waals surface area (Å²) in [5, 5.41) is 0. The van der Waals surface area contributed by atoms with Gasteiger partial charge in [-0.2, -0.15) is 0 Å². The smallest absolute Gasteiger partial charge is 0.462 e. The van der Waals surface area contributed by atoms with Gasteiger partial charge < -0.3 is 20.1 Å². The Bertz CT molecular complexity index is 1100. The van der Waals surface area contributed by atoms with Crippen molar-refractivity contribution in [2.75, 3.05) is 26.4 Å². The number of rotatable bonds is 52. The summed E-state index contributed by atoms with van der Waals surface area (Å²) in [5.41, 5.74) is 5.37. The van der Waals surface area contributed by atoms with Crippen LogP contribution in [0.5, 0.6) is 0 Å². The molecular weight excluding hydrogens is 822 g/mol. The highest BCUT2D eigenvalue weighted by molar-refractivity contribution is 7.47. The first-order valence-corrected chi connectivity index (χ1v) is 28.8. The number of esters is 2. The molecule has 10 heteroatoms. The lowest BCUT2D eigenvalue weighted by molar-refractivity contribution is -0.161. The SMILES string of the molecule is CCCCCCC/C=C\C/C=C\CCCCCCCCCCCCCC(=O)OC(COC(=O)CCCCCCCCCCCCCCCCCCCCCC)COP(=O)(O)OCCN. The van der Waals surface area contributed by atoms with E-state index in [-0.39, 0.29) is 38.6 Å². The van der Waals surface area contributed by atoms with E-state index >= 15 is 0 Å². The number of unbranched alkanes of at least 4 members (excludes halogenated alkanes) is 35. The molecule has 0 aliphatic rings. The van der Waals surface area contributed by atoms with Gasteiger partial charge in [0, 0.05) is 19.4 Å². The molecule has 9 nitrogen and oxygen atoms in total. The maximum atomic E-state index is 12.7. The number of phosphoric acid groups is 1. The van der Waals surface area contributed by atoms with Crippen LogP contribution in [0.15, 0.2) is 24.3 Å². The van der Waals surface area contributed by atoms with Gasteiger partial charge in [0.25, 0.3) is 0 Å². The number of carbonyl (C=O) groups excluding carboxylic acids is 2. The van der Waals surface area contributed by atoms with Crippen LogP contribution in [-0.2, 0) is 32.7 Å². The van der Waals surface area contributed by atoms with Crippen molar-refractivity contribution in [3.8, 4) is 0 Å². The van der Waals surface area contributed by atoms with Gasteiger partial charge in [0.2, 0.25) is 0 Å². The van der Waals surface area contributed by atoms with Crippen LogP contribution in [0, 0.1) is 0 Å². The number of allylic oxidation sites excluding steroid dienone is 4. The summed E-state index contributed by atoms with van der Waals surface area (Å²) in [5.74, 6) is -0.814. The molecule has 0 saturated heterocycles. The van der Waals surface area contributed by atoms with Gasteiger partial charge in [0.05, 0.1) is 13.2 Å². The molecule has 2 unspecified atom stereocenters. The Kier molecular flexibility index (Phi) is 49.7. The number of ether oxygens (including phenoxy) is 2. The van der Waals surface area contributed by atoms with E-state index < -0.39 is 26.5 Å². The number of carbonyl (C=O) groups is 2. The Morgan fingerprint density at radius 1 is 0.469 bits per heavy atom. The van der Waals surface area contributed by atoms with E-state index in [4.69, 9.17) is 24.3 Å². The molecule has 0 aliphatic heterocycles. The van der Waals surface area contributed by atoms with Gasteiger partial charge in [-0.05, 0) is 44.9 Å². The molecule has 378 valence electrons. The average molecular weight is 926 g/mol. The van der Waals surface area contributed by atoms with E-state index in [9.17, 15) is 19.0 Å². The summed E-state index contributed by atoms with van der Waals surface area (Å²) in [7, 11) is -4.38. The largest absolute Gasteiger partial charge is 0.472 e. The van der Waals surface area contributed by atoms with Crippen molar-refractivity contribution in [3.05, 3.63) is 24.3 Å². The van der Waals surface area contributed by atoms with Crippen LogP contribution in [0.4, 0.5) is 0 Å². The highest BCUT2D eigenvalue weighted by Gasteiger charge is 2.26. The van der Waals surface area contributed by atoms with Crippen molar-refractivity contribution < 1.29 is 37.6 Å². The second kappa shape index (κ2) is 50.9. The van der Waals surface area contributed by atoms with Gasteiger partial charge in [0.1, 0.15) is 6.61 Å². The van der Waals surface area contributed by atoms with E-state index in [2.05, 4.69) is 38.2 Å². The topological polar surface area (TPSA) is 134 Å². The number of hydrogen-bond acceptors (Lipinski definition) is 8. The van der Waals surface area contributed by atoms with Crippen molar-refractivity contribution in [3.63, 3.8) is 0 Å². The summed E-state index contributed by atoms with van der Waals surface area (Å²) >= 11 is 0. The third-order valence-electron chi connectivity index (χ3n) is 12.1. The molecule has 0 fully saturated rings. The molecule has 64 heavy (non-hydrogen) atoms. The fourth-order valence-electron chi connectivity index (χ4n) is 8.02. The van der Waals surface area contributed by atoms with Crippen LogP contribution in [0.25, 0.3) is 0 Å². The molecule has 3 N–H and O–H groups in total. The minimum atomic E-state index is -4.38. The third kappa shape index (κ3) is 49.9. The molecule has 0 saturated carbocycles.